The van der Waals surface area contributed by atoms with E-state index in [4.69, 9.17) is 0 Å². The van der Waals surface area contributed by atoms with Crippen molar-refractivity contribution in [3.8, 4) is 5.69 Å². The van der Waals surface area contributed by atoms with Gasteiger partial charge in [0.1, 0.15) is 4.47 Å². The molecule has 7 heteroatoms. The third-order valence-corrected chi connectivity index (χ3v) is 4.29. The van der Waals surface area contributed by atoms with Crippen molar-refractivity contribution < 1.29 is 0 Å². The van der Waals surface area contributed by atoms with Crippen LogP contribution >= 0.6 is 15.9 Å². The molecular formula is C16H16BrN5O. The summed E-state index contributed by atoms with van der Waals surface area (Å²) < 4.78 is 3.64. The summed E-state index contributed by atoms with van der Waals surface area (Å²) in [6.45, 7) is 0.625. The second kappa shape index (κ2) is 6.37. The number of hydrogen-bond donors (Lipinski definition) is 0. The maximum absolute atomic E-state index is 11.9. The normalized spacial score (nSPS) is 10.7. The summed E-state index contributed by atoms with van der Waals surface area (Å²) in [5, 5.41) is 8.45. The molecule has 6 nitrogen and oxygen atoms in total. The first kappa shape index (κ1) is 15.5. The number of anilines is 1. The van der Waals surface area contributed by atoms with Crippen LogP contribution < -0.4 is 10.5 Å². The average Bonchev–Trinajstić information content (AvgIpc) is 3.02. The van der Waals surface area contributed by atoms with E-state index in [0.29, 0.717) is 11.0 Å². The Hall–Kier alpha value is -2.41. The number of nitrogens with zero attached hydrogens (tertiary/aromatic N) is 5. The van der Waals surface area contributed by atoms with Gasteiger partial charge in [-0.1, -0.05) is 18.2 Å². The zero-order valence-electron chi connectivity index (χ0n) is 12.8. The van der Waals surface area contributed by atoms with Gasteiger partial charge in [0.15, 0.2) is 0 Å². The Labute approximate surface area is 142 Å². The second-order valence-electron chi connectivity index (χ2n) is 5.26. The monoisotopic (exact) mass is 373 g/mol. The molecule has 0 aliphatic heterocycles. The molecule has 0 saturated heterocycles. The van der Waals surface area contributed by atoms with Gasteiger partial charge in [-0.3, -0.25) is 4.79 Å². The molecule has 0 aliphatic rings. The summed E-state index contributed by atoms with van der Waals surface area (Å²) >= 11 is 3.35. The summed E-state index contributed by atoms with van der Waals surface area (Å²) in [6.07, 6.45) is 5.48. The lowest BCUT2D eigenvalue weighted by molar-refractivity contribution is 0.698. The molecule has 0 bridgehead atoms. The first-order chi connectivity index (χ1) is 11.1. The highest BCUT2D eigenvalue weighted by atomic mass is 79.9. The highest BCUT2D eigenvalue weighted by Gasteiger charge is 2.12. The Kier molecular flexibility index (Phi) is 4.29. The summed E-state index contributed by atoms with van der Waals surface area (Å²) in [7, 11) is 3.54. The molecule has 2 heterocycles. The topological polar surface area (TPSA) is 56.0 Å². The SMILES string of the molecule is CN(Cc1cnn(-c2ccccc2)c1)c1cnn(C)c(=O)c1Br. The molecule has 23 heavy (non-hydrogen) atoms. The van der Waals surface area contributed by atoms with Crippen LogP contribution in [-0.4, -0.2) is 26.6 Å². The number of para-hydroxylation sites is 1. The fraction of sp³-hybridized carbons (Fsp3) is 0.188. The summed E-state index contributed by atoms with van der Waals surface area (Å²) in [5.74, 6) is 0. The zero-order valence-corrected chi connectivity index (χ0v) is 14.4. The fourth-order valence-electron chi connectivity index (χ4n) is 2.29. The van der Waals surface area contributed by atoms with Crippen molar-refractivity contribution in [3.05, 3.63) is 69.3 Å². The van der Waals surface area contributed by atoms with Gasteiger partial charge in [0.2, 0.25) is 0 Å². The van der Waals surface area contributed by atoms with Crippen LogP contribution in [0.5, 0.6) is 0 Å². The van der Waals surface area contributed by atoms with E-state index in [1.165, 1.54) is 4.68 Å². The molecular weight excluding hydrogens is 358 g/mol. The number of aryl methyl sites for hydroxylation is 1. The third kappa shape index (κ3) is 3.19. The number of benzene rings is 1. The number of halogens is 1. The van der Waals surface area contributed by atoms with Crippen LogP contribution in [-0.2, 0) is 13.6 Å². The van der Waals surface area contributed by atoms with Gasteiger partial charge in [-0.2, -0.15) is 10.2 Å². The van der Waals surface area contributed by atoms with Crippen molar-refractivity contribution >= 4 is 21.6 Å². The maximum Gasteiger partial charge on any atom is 0.282 e. The summed E-state index contributed by atoms with van der Waals surface area (Å²) in [4.78, 5) is 13.9. The number of rotatable bonds is 4. The minimum Gasteiger partial charge on any atom is -0.368 e. The van der Waals surface area contributed by atoms with Crippen LogP contribution in [0.4, 0.5) is 5.69 Å². The molecule has 0 aliphatic carbocycles. The summed E-state index contributed by atoms with van der Waals surface area (Å²) in [6, 6.07) is 9.93. The molecule has 2 aromatic heterocycles. The van der Waals surface area contributed by atoms with Crippen molar-refractivity contribution in [2.45, 2.75) is 6.54 Å². The van der Waals surface area contributed by atoms with Crippen LogP contribution in [0.1, 0.15) is 5.56 Å². The largest absolute Gasteiger partial charge is 0.368 e. The lowest BCUT2D eigenvalue weighted by Gasteiger charge is -2.19. The van der Waals surface area contributed by atoms with E-state index in [1.807, 2.05) is 59.4 Å². The number of aromatic nitrogens is 4. The van der Waals surface area contributed by atoms with Gasteiger partial charge < -0.3 is 4.90 Å². The molecule has 3 rings (SSSR count). The predicted octanol–water partition coefficient (Wildman–Crippen LogP) is 2.36. The molecule has 0 unspecified atom stereocenters. The van der Waals surface area contributed by atoms with Crippen molar-refractivity contribution in [3.63, 3.8) is 0 Å². The molecule has 118 valence electrons. The third-order valence-electron chi connectivity index (χ3n) is 3.55. The Morgan fingerprint density at radius 1 is 1.17 bits per heavy atom. The van der Waals surface area contributed by atoms with E-state index < -0.39 is 0 Å². The molecule has 0 N–H and O–H groups in total. The Morgan fingerprint density at radius 2 is 1.91 bits per heavy atom. The summed E-state index contributed by atoms with van der Waals surface area (Å²) in [5.41, 5.74) is 2.65. The Bertz CT molecular complexity index is 872. The van der Waals surface area contributed by atoms with Gasteiger partial charge in [-0.15, -0.1) is 0 Å². The van der Waals surface area contributed by atoms with E-state index in [9.17, 15) is 4.79 Å². The minimum atomic E-state index is -0.158. The van der Waals surface area contributed by atoms with Crippen LogP contribution in [0, 0.1) is 0 Å². The van der Waals surface area contributed by atoms with Crippen LogP contribution in [0.3, 0.4) is 0 Å². The van der Waals surface area contributed by atoms with Gasteiger partial charge in [-0.05, 0) is 28.1 Å². The van der Waals surface area contributed by atoms with E-state index >= 15 is 0 Å². The zero-order chi connectivity index (χ0) is 16.4. The molecule has 0 atom stereocenters. The highest BCUT2D eigenvalue weighted by Crippen LogP contribution is 2.22. The highest BCUT2D eigenvalue weighted by molar-refractivity contribution is 9.10. The van der Waals surface area contributed by atoms with Crippen LogP contribution in [0.2, 0.25) is 0 Å². The molecule has 0 radical (unpaired) electrons. The van der Waals surface area contributed by atoms with Crippen molar-refractivity contribution in [2.24, 2.45) is 7.05 Å². The van der Waals surface area contributed by atoms with Gasteiger partial charge in [0, 0.05) is 32.4 Å². The van der Waals surface area contributed by atoms with Gasteiger partial charge in [-0.25, -0.2) is 9.36 Å². The molecule has 0 amide bonds. The van der Waals surface area contributed by atoms with E-state index in [0.717, 1.165) is 16.9 Å². The average molecular weight is 374 g/mol. The lowest BCUT2D eigenvalue weighted by atomic mass is 10.3. The smallest absolute Gasteiger partial charge is 0.282 e. The molecule has 0 spiro atoms. The van der Waals surface area contributed by atoms with Gasteiger partial charge in [0.05, 0.1) is 23.8 Å². The lowest BCUT2D eigenvalue weighted by Crippen LogP contribution is -2.25. The molecule has 0 fully saturated rings. The van der Waals surface area contributed by atoms with E-state index in [-0.39, 0.29) is 5.56 Å². The second-order valence-corrected chi connectivity index (χ2v) is 6.05. The molecule has 3 aromatic rings. The minimum absolute atomic E-state index is 0.158. The van der Waals surface area contributed by atoms with Crippen LogP contribution in [0.25, 0.3) is 5.69 Å². The van der Waals surface area contributed by atoms with Gasteiger partial charge >= 0.3 is 0 Å². The van der Waals surface area contributed by atoms with Gasteiger partial charge in [0.25, 0.3) is 5.56 Å². The fourth-order valence-corrected chi connectivity index (χ4v) is 2.95. The van der Waals surface area contributed by atoms with Crippen LogP contribution in [0.15, 0.2) is 58.2 Å². The first-order valence-corrected chi connectivity index (χ1v) is 7.87. The van der Waals surface area contributed by atoms with E-state index in [1.54, 1.807) is 13.2 Å². The standard InChI is InChI=1S/C16H16BrN5O/c1-20(14-9-18-21(2)16(23)15(14)17)10-12-8-19-22(11-12)13-6-4-3-5-7-13/h3-9,11H,10H2,1-2H3. The predicted molar refractivity (Wildman–Crippen MR) is 92.8 cm³/mol. The Balaban J connectivity index is 1.82. The van der Waals surface area contributed by atoms with Crippen molar-refractivity contribution in [1.29, 1.82) is 0 Å². The molecule has 0 saturated carbocycles. The van der Waals surface area contributed by atoms with Crippen molar-refractivity contribution in [2.75, 3.05) is 11.9 Å². The van der Waals surface area contributed by atoms with Crippen molar-refractivity contribution in [1.82, 2.24) is 19.6 Å². The quantitative estimate of drug-likeness (QED) is 0.704. The Morgan fingerprint density at radius 3 is 2.65 bits per heavy atom. The molecule has 1 aromatic carbocycles. The maximum atomic E-state index is 11.9. The first-order valence-electron chi connectivity index (χ1n) is 7.08. The number of hydrogen-bond acceptors (Lipinski definition) is 4. The van der Waals surface area contributed by atoms with E-state index in [2.05, 4.69) is 26.1 Å².